The molecule has 1 rings (SSSR count). The Morgan fingerprint density at radius 1 is 1.36 bits per heavy atom. The first kappa shape index (κ1) is 12.1. The van der Waals surface area contributed by atoms with Crippen molar-refractivity contribution in [1.29, 1.82) is 0 Å². The van der Waals surface area contributed by atoms with Gasteiger partial charge in [-0.05, 0) is 0 Å². The van der Waals surface area contributed by atoms with Crippen LogP contribution < -0.4 is 0 Å². The summed E-state index contributed by atoms with van der Waals surface area (Å²) >= 11 is 3.03. The lowest BCUT2D eigenvalue weighted by Gasteiger charge is -2.23. The van der Waals surface area contributed by atoms with Crippen molar-refractivity contribution in [1.82, 2.24) is 10.2 Å². The zero-order chi connectivity index (χ0) is 10.4. The average molecular weight is 252 g/mol. The van der Waals surface area contributed by atoms with Gasteiger partial charge < -0.3 is 13.3 Å². The van der Waals surface area contributed by atoms with E-state index in [1.165, 1.54) is 23.1 Å². The van der Waals surface area contributed by atoms with Gasteiger partial charge in [0.05, 0.1) is 5.38 Å². The first-order valence-corrected chi connectivity index (χ1v) is 7.60. The summed E-state index contributed by atoms with van der Waals surface area (Å²) in [6, 6.07) is 0. The highest BCUT2D eigenvalue weighted by atomic mass is 32.2. The minimum absolute atomic E-state index is 0.645. The van der Waals surface area contributed by atoms with Gasteiger partial charge in [-0.15, -0.1) is 10.2 Å². The molecule has 0 bridgehead atoms. The largest absolute Gasteiger partial charge is 0.511 e. The molecule has 0 unspecified atom stereocenters. The first-order valence-electron chi connectivity index (χ1n) is 3.81. The molecule has 14 heavy (non-hydrogen) atoms. The molecule has 0 amide bonds. The van der Waals surface area contributed by atoms with Crippen LogP contribution in [0, 0.1) is 0 Å². The Labute approximate surface area is 92.2 Å². The third-order valence-electron chi connectivity index (χ3n) is 1.65. The molecule has 0 aliphatic carbocycles. The van der Waals surface area contributed by atoms with E-state index < -0.39 is 8.80 Å². The van der Waals surface area contributed by atoms with Crippen LogP contribution in [0.25, 0.3) is 0 Å². The summed E-state index contributed by atoms with van der Waals surface area (Å²) in [5.74, 6) is 0. The molecule has 0 aliphatic rings. The van der Waals surface area contributed by atoms with Crippen LogP contribution in [-0.4, -0.2) is 45.7 Å². The molecular weight excluding hydrogens is 240 g/mol. The fourth-order valence-corrected chi connectivity index (χ4v) is 5.23. The quantitative estimate of drug-likeness (QED) is 0.557. The second-order valence-electron chi connectivity index (χ2n) is 2.29. The molecule has 1 aromatic rings. The molecule has 0 aromatic carbocycles. The Bertz CT molecular complexity index is 247. The number of aromatic nitrogens is 2. The van der Waals surface area contributed by atoms with Crippen LogP contribution in [0.1, 0.15) is 0 Å². The molecule has 0 saturated heterocycles. The summed E-state index contributed by atoms with van der Waals surface area (Å²) in [7, 11) is 2.32. The molecule has 0 atom stereocenters. The van der Waals surface area contributed by atoms with Crippen LogP contribution in [-0.2, 0) is 13.3 Å². The standard InChI is InChI=1S/C6H12N2O3S2Si/c1-9-14(10-2,11-3)5-13-6-8-7-4-12-6/h4H,5H2,1-3H3. The van der Waals surface area contributed by atoms with Gasteiger partial charge in [-0.25, -0.2) is 0 Å². The lowest BCUT2D eigenvalue weighted by molar-refractivity contribution is 0.130. The van der Waals surface area contributed by atoms with Crippen LogP contribution in [0.2, 0.25) is 0 Å². The highest BCUT2D eigenvalue weighted by molar-refractivity contribution is 8.02. The minimum atomic E-state index is -2.47. The first-order chi connectivity index (χ1) is 6.76. The van der Waals surface area contributed by atoms with E-state index in [-0.39, 0.29) is 0 Å². The Kier molecular flexibility index (Phi) is 4.99. The molecular formula is C6H12N2O3S2Si. The maximum atomic E-state index is 5.26. The van der Waals surface area contributed by atoms with Crippen molar-refractivity contribution >= 4 is 31.9 Å². The van der Waals surface area contributed by atoms with Gasteiger partial charge in [-0.2, -0.15) is 0 Å². The fourth-order valence-electron chi connectivity index (χ4n) is 0.803. The van der Waals surface area contributed by atoms with Gasteiger partial charge in [0.25, 0.3) is 0 Å². The highest BCUT2D eigenvalue weighted by Gasteiger charge is 2.38. The number of hydrogen-bond acceptors (Lipinski definition) is 7. The summed E-state index contributed by atoms with van der Waals surface area (Å²) in [4.78, 5) is 0. The van der Waals surface area contributed by atoms with E-state index >= 15 is 0 Å². The summed E-state index contributed by atoms with van der Waals surface area (Å²) in [6.07, 6.45) is 0. The summed E-state index contributed by atoms with van der Waals surface area (Å²) in [6.45, 7) is 0. The molecule has 0 spiro atoms. The monoisotopic (exact) mass is 252 g/mol. The Morgan fingerprint density at radius 3 is 2.43 bits per heavy atom. The van der Waals surface area contributed by atoms with Crippen molar-refractivity contribution in [3.63, 3.8) is 0 Å². The lowest BCUT2D eigenvalue weighted by Crippen LogP contribution is -2.46. The van der Waals surface area contributed by atoms with Crippen LogP contribution in [0.3, 0.4) is 0 Å². The van der Waals surface area contributed by atoms with Crippen LogP contribution >= 0.6 is 23.1 Å². The molecule has 0 N–H and O–H groups in total. The van der Waals surface area contributed by atoms with Crippen LogP contribution in [0.4, 0.5) is 0 Å². The van der Waals surface area contributed by atoms with E-state index in [0.29, 0.717) is 5.38 Å². The normalized spacial score (nSPS) is 11.9. The number of nitrogens with zero attached hydrogens (tertiary/aromatic N) is 2. The van der Waals surface area contributed by atoms with Gasteiger partial charge in [0.2, 0.25) is 0 Å². The van der Waals surface area contributed by atoms with Gasteiger partial charge in [0.15, 0.2) is 4.34 Å². The van der Waals surface area contributed by atoms with Crippen molar-refractivity contribution in [3.8, 4) is 0 Å². The predicted molar refractivity (Wildman–Crippen MR) is 57.4 cm³/mol. The van der Waals surface area contributed by atoms with E-state index in [1.54, 1.807) is 26.8 Å². The average Bonchev–Trinajstić information content (AvgIpc) is 2.74. The molecule has 5 nitrogen and oxygen atoms in total. The Morgan fingerprint density at radius 2 is 2.00 bits per heavy atom. The second kappa shape index (κ2) is 5.78. The molecule has 80 valence electrons. The topological polar surface area (TPSA) is 53.5 Å². The Balaban J connectivity index is 2.48. The summed E-state index contributed by atoms with van der Waals surface area (Å²) < 4.78 is 16.7. The molecule has 0 saturated carbocycles. The van der Waals surface area contributed by atoms with Crippen LogP contribution in [0.15, 0.2) is 9.85 Å². The van der Waals surface area contributed by atoms with Crippen LogP contribution in [0.5, 0.6) is 0 Å². The number of rotatable bonds is 6. The third kappa shape index (κ3) is 3.00. The van der Waals surface area contributed by atoms with Crippen molar-refractivity contribution in [3.05, 3.63) is 5.51 Å². The van der Waals surface area contributed by atoms with Gasteiger partial charge >= 0.3 is 8.80 Å². The lowest BCUT2D eigenvalue weighted by atomic mass is 11.6. The van der Waals surface area contributed by atoms with E-state index in [9.17, 15) is 0 Å². The van der Waals surface area contributed by atoms with E-state index in [2.05, 4.69) is 10.2 Å². The van der Waals surface area contributed by atoms with E-state index in [4.69, 9.17) is 13.3 Å². The van der Waals surface area contributed by atoms with Crippen molar-refractivity contribution in [2.75, 3.05) is 26.7 Å². The molecule has 0 aliphatic heterocycles. The molecule has 0 fully saturated rings. The van der Waals surface area contributed by atoms with Gasteiger partial charge in [-0.3, -0.25) is 0 Å². The van der Waals surface area contributed by atoms with Crippen molar-refractivity contribution in [2.24, 2.45) is 0 Å². The molecule has 0 radical (unpaired) electrons. The van der Waals surface area contributed by atoms with Gasteiger partial charge in [0, 0.05) is 21.3 Å². The molecule has 1 heterocycles. The third-order valence-corrected chi connectivity index (χ3v) is 6.96. The fraction of sp³-hybridized carbons (Fsp3) is 0.667. The summed E-state index contributed by atoms with van der Waals surface area (Å²) in [5.41, 5.74) is 1.69. The SMILES string of the molecule is CO[Si](CSc1nncs1)(OC)OC. The number of thioether (sulfide) groups is 1. The highest BCUT2D eigenvalue weighted by Crippen LogP contribution is 2.23. The molecule has 8 heteroatoms. The number of hydrogen-bond donors (Lipinski definition) is 0. The van der Waals surface area contributed by atoms with Gasteiger partial charge in [-0.1, -0.05) is 23.1 Å². The van der Waals surface area contributed by atoms with Crippen molar-refractivity contribution < 1.29 is 13.3 Å². The smallest absolute Gasteiger partial charge is 0.376 e. The van der Waals surface area contributed by atoms with E-state index in [1.807, 2.05) is 0 Å². The maximum absolute atomic E-state index is 5.26. The molecule has 1 aromatic heterocycles. The second-order valence-corrected chi connectivity index (χ2v) is 7.80. The minimum Gasteiger partial charge on any atom is -0.376 e. The van der Waals surface area contributed by atoms with Crippen molar-refractivity contribution in [2.45, 2.75) is 4.34 Å². The zero-order valence-corrected chi connectivity index (χ0v) is 10.9. The maximum Gasteiger partial charge on any atom is 0.511 e. The van der Waals surface area contributed by atoms with Gasteiger partial charge in [0.1, 0.15) is 5.51 Å². The summed E-state index contributed by atoms with van der Waals surface area (Å²) in [5, 5.41) is 8.29. The van der Waals surface area contributed by atoms with E-state index in [0.717, 1.165) is 4.34 Å². The Hall–Kier alpha value is 0.00688. The zero-order valence-electron chi connectivity index (χ0n) is 8.22. The predicted octanol–water partition coefficient (Wildman–Crippen LogP) is 1.05.